The summed E-state index contributed by atoms with van der Waals surface area (Å²) < 4.78 is 0. The van der Waals surface area contributed by atoms with Crippen molar-refractivity contribution in [2.24, 2.45) is 0 Å². The van der Waals surface area contributed by atoms with Crippen molar-refractivity contribution < 1.29 is 0 Å². The van der Waals surface area contributed by atoms with Gasteiger partial charge in [-0.2, -0.15) is 11.3 Å². The minimum absolute atomic E-state index is 0.605. The summed E-state index contributed by atoms with van der Waals surface area (Å²) >= 11 is 1.80. The Bertz CT molecular complexity index is 345. The molecule has 2 nitrogen and oxygen atoms in total. The van der Waals surface area contributed by atoms with E-state index in [-0.39, 0.29) is 0 Å². The van der Waals surface area contributed by atoms with Crippen molar-refractivity contribution in [2.75, 3.05) is 13.1 Å². The van der Waals surface area contributed by atoms with Crippen LogP contribution in [-0.2, 0) is 6.42 Å². The van der Waals surface area contributed by atoms with E-state index in [2.05, 4.69) is 34.0 Å². The lowest BCUT2D eigenvalue weighted by Gasteiger charge is -2.20. The normalized spacial score (nSPS) is 27.5. The zero-order chi connectivity index (χ0) is 11.7. The Kier molecular flexibility index (Phi) is 3.50. The number of thiophene rings is 1. The molecule has 2 aliphatic rings. The van der Waals surface area contributed by atoms with Crippen LogP contribution >= 0.6 is 11.3 Å². The monoisotopic (exact) mass is 250 g/mol. The van der Waals surface area contributed by atoms with Gasteiger partial charge in [0.15, 0.2) is 0 Å². The highest BCUT2D eigenvalue weighted by Gasteiger charge is 2.34. The average molecular weight is 250 g/mol. The molecule has 2 unspecified atom stereocenters. The van der Waals surface area contributed by atoms with Crippen molar-refractivity contribution in [1.82, 2.24) is 10.2 Å². The third kappa shape index (κ3) is 3.09. The highest BCUT2D eigenvalue weighted by molar-refractivity contribution is 7.07. The van der Waals surface area contributed by atoms with E-state index in [1.54, 1.807) is 11.3 Å². The summed E-state index contributed by atoms with van der Waals surface area (Å²) in [6.07, 6.45) is 5.39. The first-order valence-corrected chi connectivity index (χ1v) is 7.77. The zero-order valence-corrected chi connectivity index (χ0v) is 11.4. The van der Waals surface area contributed by atoms with Crippen LogP contribution in [0.15, 0.2) is 16.8 Å². The van der Waals surface area contributed by atoms with Crippen molar-refractivity contribution in [3.63, 3.8) is 0 Å². The third-order valence-corrected chi connectivity index (χ3v) is 4.66. The van der Waals surface area contributed by atoms with Gasteiger partial charge in [-0.1, -0.05) is 0 Å². The Morgan fingerprint density at radius 1 is 1.47 bits per heavy atom. The van der Waals surface area contributed by atoms with Crippen molar-refractivity contribution in [1.29, 1.82) is 0 Å². The molecule has 94 valence electrons. The smallest absolute Gasteiger partial charge is 0.0209 e. The van der Waals surface area contributed by atoms with Gasteiger partial charge in [-0.3, -0.25) is 4.90 Å². The van der Waals surface area contributed by atoms with Crippen LogP contribution in [0.1, 0.15) is 31.7 Å². The molecule has 2 heterocycles. The summed E-state index contributed by atoms with van der Waals surface area (Å²) in [7, 11) is 0. The van der Waals surface area contributed by atoms with E-state index in [0.717, 1.165) is 12.1 Å². The number of hydrogen-bond acceptors (Lipinski definition) is 3. The van der Waals surface area contributed by atoms with Crippen molar-refractivity contribution in [3.05, 3.63) is 22.4 Å². The van der Waals surface area contributed by atoms with Crippen LogP contribution in [0.3, 0.4) is 0 Å². The predicted octanol–water partition coefficient (Wildman–Crippen LogP) is 2.51. The molecule has 1 aliphatic carbocycles. The summed E-state index contributed by atoms with van der Waals surface area (Å²) in [5.74, 6) is 0. The SMILES string of the molecule is CC(Cc1ccsc1)NC1CCN(C2CC2)C1. The molecule has 0 radical (unpaired) electrons. The maximum Gasteiger partial charge on any atom is 0.0209 e. The predicted molar refractivity (Wildman–Crippen MR) is 73.6 cm³/mol. The number of nitrogens with one attached hydrogen (secondary N) is 1. The second-order valence-electron chi connectivity index (χ2n) is 5.62. The van der Waals surface area contributed by atoms with Crippen LogP contribution in [0.25, 0.3) is 0 Å². The molecule has 1 N–H and O–H groups in total. The fourth-order valence-electron chi connectivity index (χ4n) is 2.92. The molecule has 3 heteroatoms. The maximum atomic E-state index is 3.79. The van der Waals surface area contributed by atoms with Gasteiger partial charge >= 0.3 is 0 Å². The van der Waals surface area contributed by atoms with Gasteiger partial charge in [-0.15, -0.1) is 0 Å². The van der Waals surface area contributed by atoms with Crippen molar-refractivity contribution >= 4 is 11.3 Å². The number of hydrogen-bond donors (Lipinski definition) is 1. The van der Waals surface area contributed by atoms with E-state index < -0.39 is 0 Å². The summed E-state index contributed by atoms with van der Waals surface area (Å²) in [5, 5.41) is 8.23. The lowest BCUT2D eigenvalue weighted by molar-refractivity contribution is 0.313. The molecule has 1 aromatic heterocycles. The second kappa shape index (κ2) is 5.09. The number of rotatable bonds is 5. The molecular formula is C14H22N2S. The summed E-state index contributed by atoms with van der Waals surface area (Å²) in [6.45, 7) is 4.91. The topological polar surface area (TPSA) is 15.3 Å². The fourth-order valence-corrected chi connectivity index (χ4v) is 3.60. The van der Waals surface area contributed by atoms with E-state index in [9.17, 15) is 0 Å². The van der Waals surface area contributed by atoms with Gasteiger partial charge in [0.1, 0.15) is 0 Å². The zero-order valence-electron chi connectivity index (χ0n) is 10.6. The quantitative estimate of drug-likeness (QED) is 0.864. The largest absolute Gasteiger partial charge is 0.310 e. The van der Waals surface area contributed by atoms with Crippen LogP contribution in [-0.4, -0.2) is 36.1 Å². The molecule has 1 aliphatic heterocycles. The van der Waals surface area contributed by atoms with Crippen LogP contribution in [0.5, 0.6) is 0 Å². The molecule has 1 aromatic rings. The molecule has 3 rings (SSSR count). The number of nitrogens with zero attached hydrogens (tertiary/aromatic N) is 1. The van der Waals surface area contributed by atoms with Gasteiger partial charge < -0.3 is 5.32 Å². The van der Waals surface area contributed by atoms with Gasteiger partial charge in [0.25, 0.3) is 0 Å². The van der Waals surface area contributed by atoms with Crippen LogP contribution < -0.4 is 5.32 Å². The van der Waals surface area contributed by atoms with Crippen LogP contribution in [0, 0.1) is 0 Å². The van der Waals surface area contributed by atoms with Gasteiger partial charge in [0.05, 0.1) is 0 Å². The first-order chi connectivity index (χ1) is 8.31. The molecular weight excluding hydrogens is 228 g/mol. The van der Waals surface area contributed by atoms with E-state index >= 15 is 0 Å². The Labute approximate surface area is 108 Å². The van der Waals surface area contributed by atoms with Gasteiger partial charge in [0, 0.05) is 31.2 Å². The minimum Gasteiger partial charge on any atom is -0.310 e. The molecule has 17 heavy (non-hydrogen) atoms. The maximum absolute atomic E-state index is 3.79. The molecule has 1 saturated heterocycles. The third-order valence-electron chi connectivity index (χ3n) is 3.93. The molecule has 0 aromatic carbocycles. The molecule has 2 fully saturated rings. The minimum atomic E-state index is 0.605. The summed E-state index contributed by atoms with van der Waals surface area (Å²) in [6, 6.07) is 4.51. The molecule has 2 atom stereocenters. The summed E-state index contributed by atoms with van der Waals surface area (Å²) in [5.41, 5.74) is 1.48. The van der Waals surface area contributed by atoms with Crippen LogP contribution in [0.4, 0.5) is 0 Å². The Balaban J connectivity index is 1.43. The van der Waals surface area contributed by atoms with E-state index in [1.807, 2.05) is 0 Å². The van der Waals surface area contributed by atoms with Crippen LogP contribution in [0.2, 0.25) is 0 Å². The van der Waals surface area contributed by atoms with Crippen molar-refractivity contribution in [2.45, 2.75) is 50.7 Å². The second-order valence-corrected chi connectivity index (χ2v) is 6.40. The first kappa shape index (κ1) is 11.7. The standard InChI is InChI=1S/C14H22N2S/c1-11(8-12-5-7-17-10-12)15-13-4-6-16(9-13)14-2-3-14/h5,7,10-11,13-15H,2-4,6,8-9H2,1H3. The van der Waals surface area contributed by atoms with E-state index in [0.29, 0.717) is 6.04 Å². The first-order valence-electron chi connectivity index (χ1n) is 6.82. The van der Waals surface area contributed by atoms with E-state index in [1.165, 1.54) is 44.3 Å². The average Bonchev–Trinajstić information content (AvgIpc) is 2.84. The van der Waals surface area contributed by atoms with E-state index in [4.69, 9.17) is 0 Å². The van der Waals surface area contributed by atoms with Gasteiger partial charge in [-0.25, -0.2) is 0 Å². The lowest BCUT2D eigenvalue weighted by atomic mass is 10.1. The highest BCUT2D eigenvalue weighted by atomic mass is 32.1. The van der Waals surface area contributed by atoms with Crippen molar-refractivity contribution in [3.8, 4) is 0 Å². The van der Waals surface area contributed by atoms with Gasteiger partial charge in [-0.05, 0) is 55.0 Å². The van der Waals surface area contributed by atoms with Gasteiger partial charge in [0.2, 0.25) is 0 Å². The Morgan fingerprint density at radius 3 is 3.06 bits per heavy atom. The highest BCUT2D eigenvalue weighted by Crippen LogP contribution is 2.29. The molecule has 1 saturated carbocycles. The summed E-state index contributed by atoms with van der Waals surface area (Å²) in [4.78, 5) is 2.68. The molecule has 0 bridgehead atoms. The molecule has 0 spiro atoms. The number of likely N-dealkylation sites (tertiary alicyclic amines) is 1. The lowest BCUT2D eigenvalue weighted by Crippen LogP contribution is -2.39. The molecule has 0 amide bonds. The Morgan fingerprint density at radius 2 is 2.35 bits per heavy atom. The fraction of sp³-hybridized carbons (Fsp3) is 0.714. The Hall–Kier alpha value is -0.380.